The van der Waals surface area contributed by atoms with Gasteiger partial charge in [-0.15, -0.1) is 11.3 Å². The first kappa shape index (κ1) is 14.8. The van der Waals surface area contributed by atoms with Gasteiger partial charge in [-0.25, -0.2) is 9.97 Å². The Labute approximate surface area is 124 Å². The van der Waals surface area contributed by atoms with Gasteiger partial charge in [0.1, 0.15) is 17.5 Å². The summed E-state index contributed by atoms with van der Waals surface area (Å²) in [5, 5.41) is 6.48. The van der Waals surface area contributed by atoms with E-state index in [0.717, 1.165) is 24.0 Å². The molecule has 0 amide bonds. The molecular formula is C15H22N4S. The largest absolute Gasteiger partial charge is 0.373 e. The Balaban J connectivity index is 2.14. The molecule has 5 heteroatoms. The van der Waals surface area contributed by atoms with E-state index in [1.807, 2.05) is 24.5 Å². The van der Waals surface area contributed by atoms with E-state index in [1.54, 1.807) is 0 Å². The molecule has 2 aromatic heterocycles. The fourth-order valence-corrected chi connectivity index (χ4v) is 2.85. The van der Waals surface area contributed by atoms with Gasteiger partial charge in [0.2, 0.25) is 0 Å². The maximum absolute atomic E-state index is 4.57. The topological polar surface area (TPSA) is 49.8 Å². The minimum absolute atomic E-state index is 0.315. The van der Waals surface area contributed by atoms with Crippen LogP contribution in [-0.2, 0) is 6.54 Å². The first-order chi connectivity index (χ1) is 9.49. The lowest BCUT2D eigenvalue weighted by atomic mass is 10.2. The van der Waals surface area contributed by atoms with Gasteiger partial charge in [-0.3, -0.25) is 0 Å². The third kappa shape index (κ3) is 3.48. The third-order valence-electron chi connectivity index (χ3n) is 3.18. The average molecular weight is 290 g/mol. The Kier molecular flexibility index (Phi) is 4.60. The monoisotopic (exact) mass is 290 g/mol. The van der Waals surface area contributed by atoms with Crippen LogP contribution < -0.4 is 10.6 Å². The Hall–Kier alpha value is -1.62. The van der Waals surface area contributed by atoms with E-state index in [1.165, 1.54) is 15.3 Å². The molecule has 108 valence electrons. The van der Waals surface area contributed by atoms with Crippen molar-refractivity contribution in [2.75, 3.05) is 17.7 Å². The summed E-state index contributed by atoms with van der Waals surface area (Å²) in [6.45, 7) is 9.31. The Morgan fingerprint density at radius 2 is 1.85 bits per heavy atom. The molecule has 0 bridgehead atoms. The van der Waals surface area contributed by atoms with E-state index in [2.05, 4.69) is 54.4 Å². The number of nitrogens with one attached hydrogen (secondary N) is 2. The van der Waals surface area contributed by atoms with E-state index in [0.29, 0.717) is 5.92 Å². The van der Waals surface area contributed by atoms with Crippen molar-refractivity contribution < 1.29 is 0 Å². The van der Waals surface area contributed by atoms with Gasteiger partial charge >= 0.3 is 0 Å². The standard InChI is InChI=1S/C15H22N4S/c1-9(2)15-18-13(16-5)7-14(19-15)17-8-12-6-10(3)11(4)20-12/h6-7,9H,8H2,1-5H3,(H2,16,17,18,19). The van der Waals surface area contributed by atoms with Crippen LogP contribution in [0.2, 0.25) is 0 Å². The number of aromatic nitrogens is 2. The summed E-state index contributed by atoms with van der Waals surface area (Å²) in [5.41, 5.74) is 1.35. The lowest BCUT2D eigenvalue weighted by Crippen LogP contribution is -2.07. The van der Waals surface area contributed by atoms with Crippen LogP contribution in [0.25, 0.3) is 0 Å². The summed E-state index contributed by atoms with van der Waals surface area (Å²) in [7, 11) is 1.88. The maximum Gasteiger partial charge on any atom is 0.135 e. The highest BCUT2D eigenvalue weighted by Crippen LogP contribution is 2.22. The van der Waals surface area contributed by atoms with E-state index in [4.69, 9.17) is 0 Å². The highest BCUT2D eigenvalue weighted by molar-refractivity contribution is 7.12. The van der Waals surface area contributed by atoms with Crippen molar-refractivity contribution in [1.82, 2.24) is 9.97 Å². The summed E-state index contributed by atoms with van der Waals surface area (Å²) >= 11 is 1.83. The first-order valence-electron chi connectivity index (χ1n) is 6.86. The lowest BCUT2D eigenvalue weighted by molar-refractivity contribution is 0.776. The van der Waals surface area contributed by atoms with Crippen LogP contribution in [0.3, 0.4) is 0 Å². The molecule has 0 saturated carbocycles. The molecule has 0 radical (unpaired) electrons. The highest BCUT2D eigenvalue weighted by Gasteiger charge is 2.08. The second-order valence-electron chi connectivity index (χ2n) is 5.21. The molecule has 20 heavy (non-hydrogen) atoms. The maximum atomic E-state index is 4.57. The SMILES string of the molecule is CNc1cc(NCc2cc(C)c(C)s2)nc(C(C)C)n1. The molecule has 0 spiro atoms. The number of hydrogen-bond acceptors (Lipinski definition) is 5. The zero-order valence-corrected chi connectivity index (χ0v) is 13.6. The Morgan fingerprint density at radius 3 is 2.40 bits per heavy atom. The molecular weight excluding hydrogens is 268 g/mol. The summed E-state index contributed by atoms with van der Waals surface area (Å²) in [5.74, 6) is 2.90. The average Bonchev–Trinajstić information content (AvgIpc) is 2.75. The van der Waals surface area contributed by atoms with Gasteiger partial charge < -0.3 is 10.6 Å². The molecule has 0 saturated heterocycles. The van der Waals surface area contributed by atoms with Crippen LogP contribution in [0, 0.1) is 13.8 Å². The molecule has 0 aliphatic heterocycles. The second-order valence-corrected chi connectivity index (χ2v) is 6.55. The van der Waals surface area contributed by atoms with E-state index in [-0.39, 0.29) is 0 Å². The lowest BCUT2D eigenvalue weighted by Gasteiger charge is -2.11. The number of nitrogens with zero attached hydrogens (tertiary/aromatic N) is 2. The second kappa shape index (κ2) is 6.22. The van der Waals surface area contributed by atoms with E-state index < -0.39 is 0 Å². The first-order valence-corrected chi connectivity index (χ1v) is 7.67. The van der Waals surface area contributed by atoms with Gasteiger partial charge in [0.25, 0.3) is 0 Å². The van der Waals surface area contributed by atoms with Crippen molar-refractivity contribution in [2.45, 2.75) is 40.2 Å². The Morgan fingerprint density at radius 1 is 1.15 bits per heavy atom. The van der Waals surface area contributed by atoms with Crippen molar-refractivity contribution >= 4 is 23.0 Å². The summed E-state index contributed by atoms with van der Waals surface area (Å²) in [4.78, 5) is 11.7. The van der Waals surface area contributed by atoms with Crippen LogP contribution >= 0.6 is 11.3 Å². The molecule has 0 unspecified atom stereocenters. The van der Waals surface area contributed by atoms with Gasteiger partial charge in [0, 0.05) is 28.8 Å². The predicted octanol–water partition coefficient (Wildman–Crippen LogP) is 3.93. The van der Waals surface area contributed by atoms with Gasteiger partial charge in [-0.1, -0.05) is 13.8 Å². The van der Waals surface area contributed by atoms with Crippen LogP contribution in [0.15, 0.2) is 12.1 Å². The van der Waals surface area contributed by atoms with Crippen LogP contribution in [0.4, 0.5) is 11.6 Å². The van der Waals surface area contributed by atoms with E-state index >= 15 is 0 Å². The highest BCUT2D eigenvalue weighted by atomic mass is 32.1. The number of aryl methyl sites for hydroxylation is 2. The van der Waals surface area contributed by atoms with Gasteiger partial charge in [0.15, 0.2) is 0 Å². The van der Waals surface area contributed by atoms with Crippen LogP contribution in [-0.4, -0.2) is 17.0 Å². The van der Waals surface area contributed by atoms with Crippen molar-refractivity contribution in [3.05, 3.63) is 33.3 Å². The van der Waals surface area contributed by atoms with Crippen LogP contribution in [0.5, 0.6) is 0 Å². The summed E-state index contributed by atoms with van der Waals surface area (Å²) in [6, 6.07) is 4.18. The zero-order valence-electron chi connectivity index (χ0n) is 12.7. The zero-order chi connectivity index (χ0) is 14.7. The molecule has 2 rings (SSSR count). The molecule has 0 aliphatic carbocycles. The summed E-state index contributed by atoms with van der Waals surface area (Å²) in [6.07, 6.45) is 0. The van der Waals surface area contributed by atoms with Crippen molar-refractivity contribution in [3.63, 3.8) is 0 Å². The van der Waals surface area contributed by atoms with E-state index in [9.17, 15) is 0 Å². The van der Waals surface area contributed by atoms with Gasteiger partial charge in [-0.2, -0.15) is 0 Å². The molecule has 2 heterocycles. The smallest absolute Gasteiger partial charge is 0.135 e. The quantitative estimate of drug-likeness (QED) is 0.876. The number of rotatable bonds is 5. The van der Waals surface area contributed by atoms with Crippen molar-refractivity contribution in [3.8, 4) is 0 Å². The minimum atomic E-state index is 0.315. The van der Waals surface area contributed by atoms with Crippen LogP contribution in [0.1, 0.15) is 40.9 Å². The number of anilines is 2. The fraction of sp³-hybridized carbons (Fsp3) is 0.467. The molecule has 0 fully saturated rings. The van der Waals surface area contributed by atoms with Gasteiger partial charge in [0.05, 0.1) is 6.54 Å². The molecule has 0 atom stereocenters. The molecule has 0 aliphatic rings. The third-order valence-corrected chi connectivity index (χ3v) is 4.33. The van der Waals surface area contributed by atoms with Crippen molar-refractivity contribution in [2.24, 2.45) is 0 Å². The molecule has 4 nitrogen and oxygen atoms in total. The predicted molar refractivity (Wildman–Crippen MR) is 86.8 cm³/mol. The number of hydrogen-bond donors (Lipinski definition) is 2. The van der Waals surface area contributed by atoms with Gasteiger partial charge in [-0.05, 0) is 25.5 Å². The minimum Gasteiger partial charge on any atom is -0.373 e. The fourth-order valence-electron chi connectivity index (χ4n) is 1.86. The van der Waals surface area contributed by atoms with Crippen molar-refractivity contribution in [1.29, 1.82) is 0 Å². The molecule has 0 aromatic carbocycles. The Bertz CT molecular complexity index is 570. The number of thiophene rings is 1. The molecule has 2 aromatic rings. The molecule has 2 N–H and O–H groups in total. The summed E-state index contributed by atoms with van der Waals surface area (Å²) < 4.78 is 0. The normalized spacial score (nSPS) is 10.9.